The Kier molecular flexibility index (Phi) is 4.84. The van der Waals surface area contributed by atoms with Crippen molar-refractivity contribution in [1.29, 1.82) is 0 Å². The number of ether oxygens (including phenoxy) is 3. The summed E-state index contributed by atoms with van der Waals surface area (Å²) in [4.78, 5) is 8.48. The summed E-state index contributed by atoms with van der Waals surface area (Å²) in [7, 11) is 0. The maximum atomic E-state index is 15.5. The molecule has 2 aromatic carbocycles. The summed E-state index contributed by atoms with van der Waals surface area (Å²) in [5, 5.41) is 0. The highest BCUT2D eigenvalue weighted by Crippen LogP contribution is 2.54. The first-order valence-corrected chi connectivity index (χ1v) is 11.1. The molecule has 1 aromatic heterocycles. The number of nitrogens with two attached hydrogens (primary N) is 1. The van der Waals surface area contributed by atoms with Crippen LogP contribution in [0.3, 0.4) is 0 Å². The second-order valence-corrected chi connectivity index (χ2v) is 8.45. The Bertz CT molecular complexity index is 1370. The largest absolute Gasteiger partial charge is 0.465 e. The van der Waals surface area contributed by atoms with Crippen molar-refractivity contribution < 1.29 is 23.0 Å². The first-order chi connectivity index (χ1) is 16.5. The fraction of sp³-hybridized carbons (Fsp3) is 0.231. The molecule has 0 bridgehead atoms. The fourth-order valence-corrected chi connectivity index (χ4v) is 4.91. The minimum atomic E-state index is -1.04. The molecule has 6 rings (SSSR count). The number of hydrogen-bond acceptors (Lipinski definition) is 6. The van der Waals surface area contributed by atoms with Crippen molar-refractivity contribution in [3.8, 4) is 22.6 Å². The summed E-state index contributed by atoms with van der Waals surface area (Å²) in [5.74, 6) is -0.505. The Morgan fingerprint density at radius 2 is 1.88 bits per heavy atom. The molecule has 6 nitrogen and oxygen atoms in total. The molecule has 0 radical (unpaired) electrons. The van der Waals surface area contributed by atoms with E-state index in [2.05, 4.69) is 4.98 Å². The summed E-state index contributed by atoms with van der Waals surface area (Å²) in [6.45, 7) is 1.35. The predicted molar refractivity (Wildman–Crippen MR) is 122 cm³/mol. The molecule has 0 aliphatic carbocycles. The number of benzene rings is 2. The molecule has 0 saturated carbocycles. The Balaban J connectivity index is 1.59. The van der Waals surface area contributed by atoms with E-state index >= 15 is 4.39 Å². The lowest BCUT2D eigenvalue weighted by Gasteiger charge is -2.40. The summed E-state index contributed by atoms with van der Waals surface area (Å²) in [6, 6.07) is 12.0. The van der Waals surface area contributed by atoms with Gasteiger partial charge in [0.25, 0.3) is 6.02 Å². The van der Waals surface area contributed by atoms with E-state index in [4.69, 9.17) is 24.9 Å². The molecule has 34 heavy (non-hydrogen) atoms. The lowest BCUT2D eigenvalue weighted by molar-refractivity contribution is 0.161. The molecule has 0 saturated heterocycles. The van der Waals surface area contributed by atoms with Gasteiger partial charge in [0.2, 0.25) is 5.95 Å². The van der Waals surface area contributed by atoms with Crippen molar-refractivity contribution in [3.63, 3.8) is 0 Å². The van der Waals surface area contributed by atoms with Crippen LogP contribution in [0.25, 0.3) is 16.7 Å². The lowest BCUT2D eigenvalue weighted by atomic mass is 9.76. The number of aliphatic imine (C=N–C) groups is 1. The van der Waals surface area contributed by atoms with E-state index in [-0.39, 0.29) is 11.8 Å². The average molecular weight is 461 g/mol. The second-order valence-electron chi connectivity index (χ2n) is 8.45. The van der Waals surface area contributed by atoms with Gasteiger partial charge in [-0.05, 0) is 59.5 Å². The standard InChI is InChI=1S/C26H21F2N3O3/c27-21-14-17(15-5-9-32-10-6-15)13-20-23(21)34-22-4-3-16(18-2-1-8-30-24(18)28)12-19(22)26(20)7-11-33-25(29)31-26/h1-5,8,12-14H,6-7,9-11H2,(H2,29,31)/t26-/m0/s1. The number of aromatic nitrogens is 1. The smallest absolute Gasteiger partial charge is 0.283 e. The number of amidine groups is 1. The van der Waals surface area contributed by atoms with Gasteiger partial charge in [0.15, 0.2) is 11.6 Å². The predicted octanol–water partition coefficient (Wildman–Crippen LogP) is 4.91. The Morgan fingerprint density at radius 3 is 2.68 bits per heavy atom. The number of nitrogens with zero attached hydrogens (tertiary/aromatic N) is 2. The van der Waals surface area contributed by atoms with Crippen molar-refractivity contribution in [2.45, 2.75) is 18.4 Å². The van der Waals surface area contributed by atoms with E-state index in [9.17, 15) is 4.39 Å². The first kappa shape index (κ1) is 20.8. The number of halogens is 2. The molecule has 1 atom stereocenters. The van der Waals surface area contributed by atoms with Gasteiger partial charge in [-0.15, -0.1) is 0 Å². The van der Waals surface area contributed by atoms with E-state index in [1.165, 1.54) is 12.3 Å². The van der Waals surface area contributed by atoms with Gasteiger partial charge in [0, 0.05) is 29.3 Å². The van der Waals surface area contributed by atoms with Crippen LogP contribution in [0.1, 0.15) is 29.5 Å². The van der Waals surface area contributed by atoms with Crippen LogP contribution in [0.2, 0.25) is 0 Å². The van der Waals surface area contributed by atoms with E-state index < -0.39 is 17.3 Å². The third-order valence-corrected chi connectivity index (χ3v) is 6.55. The van der Waals surface area contributed by atoms with E-state index in [1.807, 2.05) is 18.2 Å². The highest BCUT2D eigenvalue weighted by Gasteiger charge is 2.46. The van der Waals surface area contributed by atoms with E-state index in [0.29, 0.717) is 60.7 Å². The second kappa shape index (κ2) is 7.92. The van der Waals surface area contributed by atoms with Gasteiger partial charge in [-0.3, -0.25) is 0 Å². The molecule has 0 fully saturated rings. The topological polar surface area (TPSA) is 79.0 Å². The van der Waals surface area contributed by atoms with Crippen LogP contribution >= 0.6 is 0 Å². The quantitative estimate of drug-likeness (QED) is 0.549. The molecular formula is C26H21F2N3O3. The van der Waals surface area contributed by atoms with Gasteiger partial charge in [0.1, 0.15) is 11.3 Å². The SMILES string of the molecule is NC1=N[C@@]2(CCO1)c1cc(-c3cccnc3F)ccc1Oc1c(F)cc(C3=CCOCC3)cc12. The van der Waals surface area contributed by atoms with Gasteiger partial charge in [-0.25, -0.2) is 14.4 Å². The monoisotopic (exact) mass is 461 g/mol. The van der Waals surface area contributed by atoms with Crippen LogP contribution in [-0.4, -0.2) is 30.8 Å². The molecule has 4 heterocycles. The van der Waals surface area contributed by atoms with Gasteiger partial charge in [0.05, 0.1) is 19.8 Å². The third-order valence-electron chi connectivity index (χ3n) is 6.55. The van der Waals surface area contributed by atoms with Crippen molar-refractivity contribution in [2.75, 3.05) is 19.8 Å². The zero-order valence-electron chi connectivity index (χ0n) is 18.2. The molecule has 3 aromatic rings. The molecule has 3 aliphatic heterocycles. The van der Waals surface area contributed by atoms with Crippen LogP contribution in [0.15, 0.2) is 59.7 Å². The van der Waals surface area contributed by atoms with Gasteiger partial charge < -0.3 is 19.9 Å². The maximum Gasteiger partial charge on any atom is 0.283 e. The maximum absolute atomic E-state index is 15.5. The van der Waals surface area contributed by atoms with Crippen LogP contribution in [0.4, 0.5) is 8.78 Å². The van der Waals surface area contributed by atoms with Crippen LogP contribution in [0.5, 0.6) is 11.5 Å². The molecule has 8 heteroatoms. The van der Waals surface area contributed by atoms with Crippen LogP contribution in [-0.2, 0) is 15.0 Å². The first-order valence-electron chi connectivity index (χ1n) is 11.1. The molecule has 0 unspecified atom stereocenters. The minimum absolute atomic E-state index is 0.0131. The number of pyridine rings is 1. The number of fused-ring (bicyclic) bond motifs is 4. The molecule has 0 amide bonds. The zero-order chi connectivity index (χ0) is 23.3. The summed E-state index contributed by atoms with van der Waals surface area (Å²) < 4.78 is 46.8. The molecule has 2 N–H and O–H groups in total. The minimum Gasteiger partial charge on any atom is -0.465 e. The molecule has 3 aliphatic rings. The third kappa shape index (κ3) is 3.25. The summed E-state index contributed by atoms with van der Waals surface area (Å²) in [5.41, 5.74) is 8.96. The summed E-state index contributed by atoms with van der Waals surface area (Å²) in [6.07, 6.45) is 4.46. The number of rotatable bonds is 2. The van der Waals surface area contributed by atoms with Crippen molar-refractivity contribution >= 4 is 11.6 Å². The average Bonchev–Trinajstić information content (AvgIpc) is 2.86. The van der Waals surface area contributed by atoms with Crippen LogP contribution < -0.4 is 10.5 Å². The van der Waals surface area contributed by atoms with Gasteiger partial charge >= 0.3 is 0 Å². The van der Waals surface area contributed by atoms with E-state index in [0.717, 1.165) is 11.1 Å². The fourth-order valence-electron chi connectivity index (χ4n) is 4.91. The highest BCUT2D eigenvalue weighted by molar-refractivity contribution is 5.77. The lowest BCUT2D eigenvalue weighted by Crippen LogP contribution is -2.39. The van der Waals surface area contributed by atoms with Crippen molar-refractivity contribution in [1.82, 2.24) is 4.98 Å². The highest BCUT2D eigenvalue weighted by atomic mass is 19.1. The summed E-state index contributed by atoms with van der Waals surface area (Å²) >= 11 is 0. The molecular weight excluding hydrogens is 440 g/mol. The van der Waals surface area contributed by atoms with Crippen LogP contribution in [0, 0.1) is 11.8 Å². The molecule has 172 valence electrons. The van der Waals surface area contributed by atoms with E-state index in [1.54, 1.807) is 24.3 Å². The van der Waals surface area contributed by atoms with Gasteiger partial charge in [-0.1, -0.05) is 12.1 Å². The normalized spacial score (nSPS) is 21.0. The number of hydrogen-bond donors (Lipinski definition) is 1. The Hall–Kier alpha value is -3.78. The Morgan fingerprint density at radius 1 is 1.00 bits per heavy atom. The van der Waals surface area contributed by atoms with Crippen molar-refractivity contribution in [3.05, 3.63) is 83.2 Å². The molecule has 1 spiro atoms. The Labute approximate surface area is 194 Å². The zero-order valence-corrected chi connectivity index (χ0v) is 18.2. The van der Waals surface area contributed by atoms with Gasteiger partial charge in [-0.2, -0.15) is 4.39 Å². The van der Waals surface area contributed by atoms with Crippen molar-refractivity contribution in [2.24, 2.45) is 10.7 Å².